The maximum atomic E-state index is 4.60. The molecule has 1 N–H and O–H groups in total. The van der Waals surface area contributed by atoms with Crippen molar-refractivity contribution in [1.82, 2.24) is 4.98 Å². The molecule has 0 atom stereocenters. The summed E-state index contributed by atoms with van der Waals surface area (Å²) in [6, 6.07) is 14.6. The number of aromatic nitrogens is 1. The summed E-state index contributed by atoms with van der Waals surface area (Å²) in [5.41, 5.74) is 4.60. The molecule has 20 heavy (non-hydrogen) atoms. The van der Waals surface area contributed by atoms with Gasteiger partial charge in [-0.15, -0.1) is 0 Å². The number of benzene rings is 2. The molecule has 0 saturated carbocycles. The number of aryl methyl sites for hydroxylation is 1. The minimum atomic E-state index is 0.930. The van der Waals surface area contributed by atoms with Crippen LogP contribution in [0.25, 0.3) is 10.2 Å². The van der Waals surface area contributed by atoms with Crippen molar-refractivity contribution in [3.8, 4) is 0 Å². The Labute approximate surface area is 122 Å². The van der Waals surface area contributed by atoms with E-state index in [1.165, 1.54) is 16.0 Å². The summed E-state index contributed by atoms with van der Waals surface area (Å²) in [5.74, 6) is 0. The first-order valence-electron chi connectivity index (χ1n) is 6.54. The summed E-state index contributed by atoms with van der Waals surface area (Å²) in [5, 5.41) is 4.33. The molecule has 3 aromatic rings. The molecule has 0 bridgehead atoms. The number of para-hydroxylation sites is 1. The zero-order valence-corrected chi connectivity index (χ0v) is 12.7. The lowest BCUT2D eigenvalue weighted by Crippen LogP contribution is -2.10. The van der Waals surface area contributed by atoms with E-state index < -0.39 is 0 Å². The van der Waals surface area contributed by atoms with Gasteiger partial charge in [0.15, 0.2) is 5.13 Å². The lowest BCUT2D eigenvalue weighted by molar-refractivity contribution is 1.11. The molecule has 0 amide bonds. The second-order valence-electron chi connectivity index (χ2n) is 5.01. The van der Waals surface area contributed by atoms with Crippen LogP contribution in [0.5, 0.6) is 0 Å². The Bertz CT molecular complexity index is 713. The van der Waals surface area contributed by atoms with Gasteiger partial charge in [-0.1, -0.05) is 29.5 Å². The molecule has 1 heterocycles. The summed E-state index contributed by atoms with van der Waals surface area (Å²) in [4.78, 5) is 6.72. The highest BCUT2D eigenvalue weighted by atomic mass is 32.1. The molecular weight excluding hydrogens is 266 g/mol. The van der Waals surface area contributed by atoms with Gasteiger partial charge in [0.1, 0.15) is 0 Å². The molecule has 0 aliphatic carbocycles. The second-order valence-corrected chi connectivity index (χ2v) is 6.04. The van der Waals surface area contributed by atoms with Crippen molar-refractivity contribution < 1.29 is 0 Å². The first kappa shape index (κ1) is 12.9. The van der Waals surface area contributed by atoms with Crippen molar-refractivity contribution in [2.75, 3.05) is 24.3 Å². The first-order chi connectivity index (χ1) is 9.63. The average Bonchev–Trinajstić information content (AvgIpc) is 2.82. The highest BCUT2D eigenvalue weighted by Gasteiger charge is 2.06. The van der Waals surface area contributed by atoms with E-state index in [2.05, 4.69) is 60.5 Å². The van der Waals surface area contributed by atoms with E-state index in [4.69, 9.17) is 0 Å². The van der Waals surface area contributed by atoms with Crippen LogP contribution in [0.2, 0.25) is 0 Å². The molecule has 102 valence electrons. The van der Waals surface area contributed by atoms with Crippen molar-refractivity contribution in [1.29, 1.82) is 0 Å². The molecule has 0 saturated heterocycles. The highest BCUT2D eigenvalue weighted by Crippen LogP contribution is 2.30. The Kier molecular flexibility index (Phi) is 3.32. The van der Waals surface area contributed by atoms with E-state index in [0.717, 1.165) is 16.3 Å². The smallest absolute Gasteiger partial charge is 0.188 e. The minimum Gasteiger partial charge on any atom is -0.377 e. The van der Waals surface area contributed by atoms with Gasteiger partial charge in [-0.2, -0.15) is 0 Å². The van der Waals surface area contributed by atoms with Gasteiger partial charge < -0.3 is 10.2 Å². The third-order valence-electron chi connectivity index (χ3n) is 3.24. The Balaban J connectivity index is 1.92. The summed E-state index contributed by atoms with van der Waals surface area (Å²) >= 11 is 1.67. The maximum absolute atomic E-state index is 4.60. The van der Waals surface area contributed by atoms with Crippen molar-refractivity contribution in [3.63, 3.8) is 0 Å². The average molecular weight is 283 g/mol. The van der Waals surface area contributed by atoms with E-state index >= 15 is 0 Å². The molecule has 2 aromatic carbocycles. The Morgan fingerprint density at radius 3 is 2.65 bits per heavy atom. The number of fused-ring (bicyclic) bond motifs is 1. The van der Waals surface area contributed by atoms with E-state index in [0.29, 0.717) is 0 Å². The lowest BCUT2D eigenvalue weighted by Gasteiger charge is -2.16. The zero-order valence-electron chi connectivity index (χ0n) is 11.8. The van der Waals surface area contributed by atoms with Crippen molar-refractivity contribution in [2.24, 2.45) is 0 Å². The Morgan fingerprint density at radius 2 is 1.90 bits per heavy atom. The number of rotatable bonds is 3. The molecule has 3 rings (SSSR count). The topological polar surface area (TPSA) is 28.2 Å². The standard InChI is InChI=1S/C16H17N3S/c1-11-8-9-12(10-14(11)19(2)3)17-16-18-13-6-4-5-7-15(13)20-16/h4-10H,1-3H3,(H,17,18). The Morgan fingerprint density at radius 1 is 1.10 bits per heavy atom. The number of hydrogen-bond acceptors (Lipinski definition) is 4. The van der Waals surface area contributed by atoms with Gasteiger partial charge in [0.25, 0.3) is 0 Å². The van der Waals surface area contributed by atoms with Gasteiger partial charge in [0.2, 0.25) is 0 Å². The largest absolute Gasteiger partial charge is 0.377 e. The van der Waals surface area contributed by atoms with Crippen LogP contribution >= 0.6 is 11.3 Å². The van der Waals surface area contributed by atoms with Crippen LogP contribution in [0.1, 0.15) is 5.56 Å². The van der Waals surface area contributed by atoms with Gasteiger partial charge in [0, 0.05) is 25.5 Å². The normalized spacial score (nSPS) is 10.8. The molecule has 4 heteroatoms. The van der Waals surface area contributed by atoms with Gasteiger partial charge in [-0.25, -0.2) is 4.98 Å². The van der Waals surface area contributed by atoms with Gasteiger partial charge in [-0.3, -0.25) is 0 Å². The zero-order chi connectivity index (χ0) is 14.1. The van der Waals surface area contributed by atoms with E-state index in [-0.39, 0.29) is 0 Å². The van der Waals surface area contributed by atoms with Crippen LogP contribution in [0.3, 0.4) is 0 Å². The maximum Gasteiger partial charge on any atom is 0.188 e. The summed E-state index contributed by atoms with van der Waals surface area (Å²) in [6.45, 7) is 2.12. The Hall–Kier alpha value is -2.07. The number of anilines is 3. The first-order valence-corrected chi connectivity index (χ1v) is 7.36. The molecule has 0 aliphatic heterocycles. The molecule has 0 aliphatic rings. The number of hydrogen-bond donors (Lipinski definition) is 1. The van der Waals surface area contributed by atoms with E-state index in [1.54, 1.807) is 11.3 Å². The van der Waals surface area contributed by atoms with Crippen molar-refractivity contribution in [2.45, 2.75) is 6.92 Å². The molecule has 3 nitrogen and oxygen atoms in total. The van der Waals surface area contributed by atoms with Crippen LogP contribution in [-0.4, -0.2) is 19.1 Å². The molecule has 0 unspecified atom stereocenters. The van der Waals surface area contributed by atoms with Crippen molar-refractivity contribution >= 4 is 38.1 Å². The van der Waals surface area contributed by atoms with Crippen LogP contribution in [0.15, 0.2) is 42.5 Å². The molecule has 0 radical (unpaired) electrons. The van der Waals surface area contributed by atoms with Crippen molar-refractivity contribution in [3.05, 3.63) is 48.0 Å². The van der Waals surface area contributed by atoms with Crippen LogP contribution < -0.4 is 10.2 Å². The van der Waals surface area contributed by atoms with E-state index in [1.807, 2.05) is 18.2 Å². The summed E-state index contributed by atoms with van der Waals surface area (Å²) in [6.07, 6.45) is 0. The lowest BCUT2D eigenvalue weighted by atomic mass is 10.1. The van der Waals surface area contributed by atoms with Gasteiger partial charge in [-0.05, 0) is 36.8 Å². The summed E-state index contributed by atoms with van der Waals surface area (Å²) in [7, 11) is 4.12. The SMILES string of the molecule is Cc1ccc(Nc2nc3ccccc3s2)cc1N(C)C. The number of nitrogens with zero attached hydrogens (tertiary/aromatic N) is 2. The van der Waals surface area contributed by atoms with Crippen LogP contribution in [0.4, 0.5) is 16.5 Å². The fraction of sp³-hybridized carbons (Fsp3) is 0.188. The highest BCUT2D eigenvalue weighted by molar-refractivity contribution is 7.22. The summed E-state index contributed by atoms with van der Waals surface area (Å²) < 4.78 is 1.20. The fourth-order valence-electron chi connectivity index (χ4n) is 2.22. The molecule has 0 fully saturated rings. The third-order valence-corrected chi connectivity index (χ3v) is 4.19. The predicted octanol–water partition coefficient (Wildman–Crippen LogP) is 4.41. The monoisotopic (exact) mass is 283 g/mol. The second kappa shape index (κ2) is 5.13. The molecule has 1 aromatic heterocycles. The molecular formula is C16H17N3S. The third kappa shape index (κ3) is 2.47. The molecule has 0 spiro atoms. The van der Waals surface area contributed by atoms with Crippen LogP contribution in [0, 0.1) is 6.92 Å². The predicted molar refractivity (Wildman–Crippen MR) is 88.4 cm³/mol. The van der Waals surface area contributed by atoms with Crippen LogP contribution in [-0.2, 0) is 0 Å². The van der Waals surface area contributed by atoms with Gasteiger partial charge >= 0.3 is 0 Å². The number of thiazole rings is 1. The quantitative estimate of drug-likeness (QED) is 0.771. The minimum absolute atomic E-state index is 0.930. The van der Waals surface area contributed by atoms with E-state index in [9.17, 15) is 0 Å². The number of nitrogens with one attached hydrogen (secondary N) is 1. The fourth-order valence-corrected chi connectivity index (χ4v) is 3.10. The van der Waals surface area contributed by atoms with Gasteiger partial charge in [0.05, 0.1) is 10.2 Å².